The molecule has 2 aromatic heterocycles. The van der Waals surface area contributed by atoms with Crippen LogP contribution in [0.2, 0.25) is 0 Å². The van der Waals surface area contributed by atoms with E-state index in [0.717, 1.165) is 55.7 Å². The fourth-order valence-electron chi connectivity index (χ4n) is 6.58. The van der Waals surface area contributed by atoms with Gasteiger partial charge < -0.3 is 0 Å². The molecule has 0 aliphatic heterocycles. The zero-order valence-corrected chi connectivity index (χ0v) is 27.2. The Morgan fingerprint density at radius 3 is 1.42 bits per heavy atom. The number of nitrogens with zero attached hydrogens (tertiary/aromatic N) is 3. The predicted molar refractivity (Wildman–Crippen MR) is 207 cm³/mol. The van der Waals surface area contributed by atoms with Crippen molar-refractivity contribution in [1.29, 1.82) is 0 Å². The maximum Gasteiger partial charge on any atom is 0.160 e. The lowest BCUT2D eigenvalue weighted by Crippen LogP contribution is -1.96. The van der Waals surface area contributed by atoms with Gasteiger partial charge in [-0.2, -0.15) is 0 Å². The van der Waals surface area contributed by atoms with E-state index in [1.54, 1.807) is 0 Å². The minimum Gasteiger partial charge on any atom is -0.256 e. The molecule has 0 aliphatic rings. The Morgan fingerprint density at radius 2 is 0.740 bits per heavy atom. The maximum atomic E-state index is 5.13. The van der Waals surface area contributed by atoms with Crippen molar-refractivity contribution in [2.45, 2.75) is 0 Å². The lowest BCUT2D eigenvalue weighted by Gasteiger charge is -2.11. The van der Waals surface area contributed by atoms with Crippen molar-refractivity contribution in [1.82, 2.24) is 15.0 Å². The predicted octanol–water partition coefficient (Wildman–Crippen LogP) is 12.2. The minimum atomic E-state index is 0.692. The fraction of sp³-hybridized carbons (Fsp3) is 0. The fourth-order valence-corrected chi connectivity index (χ4v) is 6.58. The second kappa shape index (κ2) is 12.7. The Kier molecular flexibility index (Phi) is 7.49. The highest BCUT2D eigenvalue weighted by atomic mass is 14.9. The third-order valence-corrected chi connectivity index (χ3v) is 9.34. The van der Waals surface area contributed by atoms with E-state index >= 15 is 0 Å². The van der Waals surface area contributed by atoms with Gasteiger partial charge in [-0.1, -0.05) is 158 Å². The molecule has 50 heavy (non-hydrogen) atoms. The largest absolute Gasteiger partial charge is 0.256 e. The van der Waals surface area contributed by atoms with Gasteiger partial charge in [-0.15, -0.1) is 0 Å². The molecule has 234 valence electrons. The van der Waals surface area contributed by atoms with Crippen LogP contribution in [0.3, 0.4) is 0 Å². The van der Waals surface area contributed by atoms with Crippen LogP contribution in [0.25, 0.3) is 89.0 Å². The third kappa shape index (κ3) is 5.82. The number of pyridine rings is 1. The highest BCUT2D eigenvalue weighted by Crippen LogP contribution is 2.32. The van der Waals surface area contributed by atoms with Crippen LogP contribution in [-0.2, 0) is 0 Å². The first-order valence-electron chi connectivity index (χ1n) is 16.8. The SMILES string of the molecule is c1ccc(-c2ccc(-c3cc(-c4ccc(-c5cnc6ccccc6c5)cc4)nc(-c4ccc(-c5ccc6ccccc6c5)cc4)n3)cc2)cc1. The molecule has 0 fully saturated rings. The van der Waals surface area contributed by atoms with Gasteiger partial charge in [-0.05, 0) is 62.9 Å². The molecule has 7 aromatic carbocycles. The van der Waals surface area contributed by atoms with Gasteiger partial charge in [0.05, 0.1) is 16.9 Å². The molecule has 0 spiro atoms. The van der Waals surface area contributed by atoms with Crippen molar-refractivity contribution < 1.29 is 0 Å². The molecule has 0 saturated heterocycles. The highest BCUT2D eigenvalue weighted by molar-refractivity contribution is 5.88. The number of hydrogen-bond donors (Lipinski definition) is 0. The molecule has 9 rings (SSSR count). The molecule has 9 aromatic rings. The third-order valence-electron chi connectivity index (χ3n) is 9.34. The van der Waals surface area contributed by atoms with Crippen LogP contribution < -0.4 is 0 Å². The van der Waals surface area contributed by atoms with Crippen molar-refractivity contribution in [2.24, 2.45) is 0 Å². The lowest BCUT2D eigenvalue weighted by atomic mass is 9.99. The summed E-state index contributed by atoms with van der Waals surface area (Å²) in [5.74, 6) is 0.692. The van der Waals surface area contributed by atoms with Crippen LogP contribution in [0.15, 0.2) is 188 Å². The van der Waals surface area contributed by atoms with Gasteiger partial charge in [0.15, 0.2) is 5.82 Å². The van der Waals surface area contributed by atoms with Gasteiger partial charge in [-0.3, -0.25) is 4.98 Å². The number of fused-ring (bicyclic) bond motifs is 2. The van der Waals surface area contributed by atoms with Crippen LogP contribution >= 0.6 is 0 Å². The Bertz CT molecular complexity index is 2470. The topological polar surface area (TPSA) is 38.7 Å². The molecule has 3 nitrogen and oxygen atoms in total. The van der Waals surface area contributed by atoms with Gasteiger partial charge in [0, 0.05) is 33.8 Å². The smallest absolute Gasteiger partial charge is 0.160 e. The molecule has 0 amide bonds. The lowest BCUT2D eigenvalue weighted by molar-refractivity contribution is 1.18. The summed E-state index contributed by atoms with van der Waals surface area (Å²) in [4.78, 5) is 14.9. The van der Waals surface area contributed by atoms with E-state index in [0.29, 0.717) is 5.82 Å². The number of hydrogen-bond acceptors (Lipinski definition) is 3. The maximum absolute atomic E-state index is 5.13. The number of aromatic nitrogens is 3. The first-order valence-corrected chi connectivity index (χ1v) is 16.8. The quantitative estimate of drug-likeness (QED) is 0.182. The summed E-state index contributed by atoms with van der Waals surface area (Å²) in [7, 11) is 0. The molecule has 0 bridgehead atoms. The molecule has 0 radical (unpaired) electrons. The zero-order valence-electron chi connectivity index (χ0n) is 27.2. The molecule has 0 saturated carbocycles. The van der Waals surface area contributed by atoms with E-state index in [2.05, 4.69) is 163 Å². The Labute approximate surface area is 291 Å². The second-order valence-electron chi connectivity index (χ2n) is 12.5. The van der Waals surface area contributed by atoms with Gasteiger partial charge >= 0.3 is 0 Å². The van der Waals surface area contributed by atoms with Gasteiger partial charge in [0.1, 0.15) is 0 Å². The van der Waals surface area contributed by atoms with Gasteiger partial charge in [-0.25, -0.2) is 9.97 Å². The summed E-state index contributed by atoms with van der Waals surface area (Å²) in [6.45, 7) is 0. The van der Waals surface area contributed by atoms with E-state index < -0.39 is 0 Å². The molecular weight excluding hydrogens is 607 g/mol. The van der Waals surface area contributed by atoms with Crippen LogP contribution in [-0.4, -0.2) is 15.0 Å². The van der Waals surface area contributed by atoms with Gasteiger partial charge in [0.25, 0.3) is 0 Å². The van der Waals surface area contributed by atoms with E-state index in [1.165, 1.54) is 27.5 Å². The molecule has 0 aliphatic carbocycles. The first kappa shape index (κ1) is 29.4. The summed E-state index contributed by atoms with van der Waals surface area (Å²) < 4.78 is 0. The molecule has 0 atom stereocenters. The summed E-state index contributed by atoms with van der Waals surface area (Å²) in [6, 6.07) is 63.8. The van der Waals surface area contributed by atoms with Crippen molar-refractivity contribution in [3.63, 3.8) is 0 Å². The number of benzene rings is 7. The molecule has 0 unspecified atom stereocenters. The van der Waals surface area contributed by atoms with Crippen LogP contribution in [0.1, 0.15) is 0 Å². The van der Waals surface area contributed by atoms with E-state index in [-0.39, 0.29) is 0 Å². The monoisotopic (exact) mass is 637 g/mol. The summed E-state index contributed by atoms with van der Waals surface area (Å²) in [5.41, 5.74) is 12.7. The van der Waals surface area contributed by atoms with E-state index in [4.69, 9.17) is 9.97 Å². The average molecular weight is 638 g/mol. The number of para-hydroxylation sites is 1. The molecular formula is C47H31N3. The van der Waals surface area contributed by atoms with Crippen LogP contribution in [0, 0.1) is 0 Å². The summed E-state index contributed by atoms with van der Waals surface area (Å²) in [6.07, 6.45) is 1.94. The highest BCUT2D eigenvalue weighted by Gasteiger charge is 2.12. The summed E-state index contributed by atoms with van der Waals surface area (Å²) >= 11 is 0. The zero-order chi connectivity index (χ0) is 33.3. The first-order chi connectivity index (χ1) is 24.7. The van der Waals surface area contributed by atoms with Gasteiger partial charge in [0.2, 0.25) is 0 Å². The Balaban J connectivity index is 1.09. The normalized spacial score (nSPS) is 11.2. The van der Waals surface area contributed by atoms with Crippen LogP contribution in [0.5, 0.6) is 0 Å². The molecule has 2 heterocycles. The van der Waals surface area contributed by atoms with Crippen molar-refractivity contribution in [3.05, 3.63) is 188 Å². The molecule has 0 N–H and O–H groups in total. The Hall–Kier alpha value is -6.71. The van der Waals surface area contributed by atoms with Crippen LogP contribution in [0.4, 0.5) is 0 Å². The van der Waals surface area contributed by atoms with E-state index in [9.17, 15) is 0 Å². The summed E-state index contributed by atoms with van der Waals surface area (Å²) in [5, 5.41) is 3.60. The van der Waals surface area contributed by atoms with E-state index in [1.807, 2.05) is 30.5 Å². The molecule has 3 heteroatoms. The number of rotatable bonds is 6. The minimum absolute atomic E-state index is 0.692. The standard InChI is InChI=1S/C47H31N3/c1-2-8-32(9-3-1)34-14-21-37(22-15-34)45-30-46(38-23-16-36(17-24-38)43-29-42-12-6-7-13-44(42)48-31-43)50-47(49-45)39-25-18-35(19-26-39)41-27-20-33-10-4-5-11-40(33)28-41/h1-31H. The van der Waals surface area contributed by atoms with Crippen molar-refractivity contribution >= 4 is 21.7 Å². The average Bonchev–Trinajstić information content (AvgIpc) is 3.21. The Morgan fingerprint density at radius 1 is 0.280 bits per heavy atom. The second-order valence-corrected chi connectivity index (χ2v) is 12.5. The van der Waals surface area contributed by atoms with Crippen molar-refractivity contribution in [3.8, 4) is 67.3 Å². The van der Waals surface area contributed by atoms with Crippen molar-refractivity contribution in [2.75, 3.05) is 0 Å².